The second-order valence-corrected chi connectivity index (χ2v) is 9.41. The molecule has 7 nitrogen and oxygen atoms in total. The summed E-state index contributed by atoms with van der Waals surface area (Å²) < 4.78 is 5.43. The largest absolute Gasteiger partial charge is 0.356 e. The molecule has 4 rings (SSSR count). The lowest BCUT2D eigenvalue weighted by molar-refractivity contribution is -0.126. The van der Waals surface area contributed by atoms with Gasteiger partial charge in [0.05, 0.1) is 17.3 Å². The van der Waals surface area contributed by atoms with E-state index in [2.05, 4.69) is 25.3 Å². The van der Waals surface area contributed by atoms with Crippen LogP contribution in [0.4, 0.5) is 0 Å². The maximum Gasteiger partial charge on any atom is 0.241 e. The molecule has 0 aromatic carbocycles. The molecule has 2 saturated heterocycles. The number of amides is 1. The van der Waals surface area contributed by atoms with Crippen molar-refractivity contribution in [2.45, 2.75) is 51.5 Å². The Balaban J connectivity index is 1.18. The topological polar surface area (TPSA) is 74.5 Å². The van der Waals surface area contributed by atoms with Crippen LogP contribution < -0.4 is 5.32 Å². The zero-order chi connectivity index (χ0) is 20.6. The number of hydrogen-bond donors (Lipinski definition) is 1. The standard InChI is InChI=1S/C22H33N5O2S/c28-22(23-10-7-14-26-11-3-1-2-4-12-26)18-8-5-13-27(16-18)17-20-24-21(25-29-20)19-9-6-15-30-19/h6,9,15,18H,1-5,7-8,10-14,16-17H2,(H,23,28). The molecule has 0 radical (unpaired) electrons. The molecule has 1 N–H and O–H groups in total. The van der Waals surface area contributed by atoms with Crippen molar-refractivity contribution in [1.29, 1.82) is 0 Å². The Morgan fingerprint density at radius 2 is 2.00 bits per heavy atom. The van der Waals surface area contributed by atoms with Gasteiger partial charge >= 0.3 is 0 Å². The van der Waals surface area contributed by atoms with E-state index in [-0.39, 0.29) is 11.8 Å². The average molecular weight is 432 g/mol. The van der Waals surface area contributed by atoms with Crippen LogP contribution in [0, 0.1) is 5.92 Å². The van der Waals surface area contributed by atoms with Crippen LogP contribution in [0.25, 0.3) is 10.7 Å². The Morgan fingerprint density at radius 1 is 1.17 bits per heavy atom. The third kappa shape index (κ3) is 6.12. The Hall–Kier alpha value is -1.77. The number of hydrogen-bond acceptors (Lipinski definition) is 7. The summed E-state index contributed by atoms with van der Waals surface area (Å²) in [5, 5.41) is 9.27. The number of carbonyl (C=O) groups is 1. The number of aromatic nitrogens is 2. The summed E-state index contributed by atoms with van der Waals surface area (Å²) in [6, 6.07) is 3.98. The quantitative estimate of drug-likeness (QED) is 0.646. The molecule has 0 spiro atoms. The Kier molecular flexibility index (Phi) is 7.88. The molecule has 0 saturated carbocycles. The van der Waals surface area contributed by atoms with Crippen molar-refractivity contribution in [1.82, 2.24) is 25.3 Å². The monoisotopic (exact) mass is 431 g/mol. The predicted molar refractivity (Wildman–Crippen MR) is 118 cm³/mol. The number of piperidine rings is 1. The molecule has 8 heteroatoms. The van der Waals surface area contributed by atoms with Gasteiger partial charge in [-0.1, -0.05) is 24.1 Å². The van der Waals surface area contributed by atoms with E-state index in [0.717, 1.165) is 50.3 Å². The average Bonchev–Trinajstić information content (AvgIpc) is 3.39. The molecule has 0 aliphatic carbocycles. The van der Waals surface area contributed by atoms with E-state index in [1.165, 1.54) is 38.8 Å². The predicted octanol–water partition coefficient (Wildman–Crippen LogP) is 3.39. The normalized spacial score (nSPS) is 21.4. The molecule has 4 heterocycles. The summed E-state index contributed by atoms with van der Waals surface area (Å²) in [5.41, 5.74) is 0. The van der Waals surface area contributed by atoms with Crippen molar-refractivity contribution in [2.24, 2.45) is 5.92 Å². The number of rotatable bonds is 8. The summed E-state index contributed by atoms with van der Waals surface area (Å²) in [5.74, 6) is 1.52. The van der Waals surface area contributed by atoms with E-state index in [9.17, 15) is 4.79 Å². The molecule has 2 aromatic heterocycles. The lowest BCUT2D eigenvalue weighted by Crippen LogP contribution is -2.43. The molecule has 0 bridgehead atoms. The fourth-order valence-corrected chi connectivity index (χ4v) is 5.10. The summed E-state index contributed by atoms with van der Waals surface area (Å²) in [4.78, 5) is 23.0. The molecule has 1 unspecified atom stereocenters. The van der Waals surface area contributed by atoms with Gasteiger partial charge in [0.25, 0.3) is 0 Å². The Bertz CT molecular complexity index is 770. The third-order valence-electron chi connectivity index (χ3n) is 6.09. The lowest BCUT2D eigenvalue weighted by Gasteiger charge is -2.31. The van der Waals surface area contributed by atoms with Crippen molar-refractivity contribution in [3.05, 3.63) is 23.4 Å². The van der Waals surface area contributed by atoms with Crippen LogP contribution in [0.2, 0.25) is 0 Å². The number of thiophene rings is 1. The van der Waals surface area contributed by atoms with Gasteiger partial charge in [-0.15, -0.1) is 11.3 Å². The van der Waals surface area contributed by atoms with Crippen molar-refractivity contribution in [3.8, 4) is 10.7 Å². The molecule has 2 aliphatic rings. The van der Waals surface area contributed by atoms with Crippen molar-refractivity contribution >= 4 is 17.2 Å². The van der Waals surface area contributed by atoms with E-state index >= 15 is 0 Å². The number of nitrogens with zero attached hydrogens (tertiary/aromatic N) is 4. The summed E-state index contributed by atoms with van der Waals surface area (Å²) in [6.07, 6.45) is 8.39. The zero-order valence-electron chi connectivity index (χ0n) is 17.7. The third-order valence-corrected chi connectivity index (χ3v) is 6.96. The minimum absolute atomic E-state index is 0.0524. The van der Waals surface area contributed by atoms with Gasteiger partial charge in [0.15, 0.2) is 0 Å². The molecular formula is C22H33N5O2S. The SMILES string of the molecule is O=C(NCCCN1CCCCCC1)C1CCCN(Cc2nc(-c3cccs3)no2)C1. The van der Waals surface area contributed by atoms with Gasteiger partial charge in [-0.05, 0) is 69.7 Å². The molecule has 2 aromatic rings. The highest BCUT2D eigenvalue weighted by Crippen LogP contribution is 2.23. The Morgan fingerprint density at radius 3 is 2.80 bits per heavy atom. The number of nitrogens with one attached hydrogen (secondary N) is 1. The number of carbonyl (C=O) groups excluding carboxylic acids is 1. The molecule has 164 valence electrons. The smallest absolute Gasteiger partial charge is 0.241 e. The van der Waals surface area contributed by atoms with Gasteiger partial charge in [0.2, 0.25) is 17.6 Å². The summed E-state index contributed by atoms with van der Waals surface area (Å²) in [7, 11) is 0. The maximum absolute atomic E-state index is 12.7. The van der Waals surface area contributed by atoms with Crippen LogP contribution in [0.15, 0.2) is 22.0 Å². The van der Waals surface area contributed by atoms with E-state index in [0.29, 0.717) is 18.3 Å². The van der Waals surface area contributed by atoms with Crippen LogP contribution in [-0.2, 0) is 11.3 Å². The zero-order valence-corrected chi connectivity index (χ0v) is 18.5. The van der Waals surface area contributed by atoms with Crippen molar-refractivity contribution < 1.29 is 9.32 Å². The summed E-state index contributed by atoms with van der Waals surface area (Å²) in [6.45, 7) is 6.65. The van der Waals surface area contributed by atoms with Crippen LogP contribution in [0.5, 0.6) is 0 Å². The minimum atomic E-state index is 0.0524. The molecule has 30 heavy (non-hydrogen) atoms. The first-order chi connectivity index (χ1) is 14.8. The minimum Gasteiger partial charge on any atom is -0.356 e. The highest BCUT2D eigenvalue weighted by molar-refractivity contribution is 7.13. The van der Waals surface area contributed by atoms with Crippen molar-refractivity contribution in [3.63, 3.8) is 0 Å². The van der Waals surface area contributed by atoms with Crippen LogP contribution in [-0.4, -0.2) is 65.1 Å². The van der Waals surface area contributed by atoms with Crippen LogP contribution in [0.3, 0.4) is 0 Å². The number of likely N-dealkylation sites (tertiary alicyclic amines) is 2. The maximum atomic E-state index is 12.7. The van der Waals surface area contributed by atoms with E-state index in [4.69, 9.17) is 4.52 Å². The second kappa shape index (κ2) is 11.0. The van der Waals surface area contributed by atoms with Gasteiger partial charge in [-0.25, -0.2) is 0 Å². The lowest BCUT2D eigenvalue weighted by atomic mass is 9.97. The molecular weight excluding hydrogens is 398 g/mol. The highest BCUT2D eigenvalue weighted by atomic mass is 32.1. The fourth-order valence-electron chi connectivity index (χ4n) is 4.45. The molecule has 2 aliphatic heterocycles. The first-order valence-corrected chi connectivity index (χ1v) is 12.2. The van der Waals surface area contributed by atoms with Gasteiger partial charge < -0.3 is 14.7 Å². The molecule has 1 amide bonds. The van der Waals surface area contributed by atoms with E-state index < -0.39 is 0 Å². The fraction of sp³-hybridized carbons (Fsp3) is 0.682. The summed E-state index contributed by atoms with van der Waals surface area (Å²) >= 11 is 1.60. The molecule has 1 atom stereocenters. The first-order valence-electron chi connectivity index (χ1n) is 11.4. The van der Waals surface area contributed by atoms with Gasteiger partial charge in [-0.3, -0.25) is 9.69 Å². The molecule has 2 fully saturated rings. The van der Waals surface area contributed by atoms with E-state index in [1.54, 1.807) is 11.3 Å². The second-order valence-electron chi connectivity index (χ2n) is 8.46. The van der Waals surface area contributed by atoms with Gasteiger partial charge in [0.1, 0.15) is 0 Å². The highest BCUT2D eigenvalue weighted by Gasteiger charge is 2.26. The van der Waals surface area contributed by atoms with Gasteiger partial charge in [-0.2, -0.15) is 4.98 Å². The van der Waals surface area contributed by atoms with Crippen LogP contribution in [0.1, 0.15) is 50.8 Å². The van der Waals surface area contributed by atoms with Crippen LogP contribution >= 0.6 is 11.3 Å². The van der Waals surface area contributed by atoms with Gasteiger partial charge in [0, 0.05) is 13.1 Å². The Labute approximate surface area is 182 Å². The first kappa shape index (κ1) is 21.5. The van der Waals surface area contributed by atoms with Crippen molar-refractivity contribution in [2.75, 3.05) is 39.3 Å². The van der Waals surface area contributed by atoms with E-state index in [1.807, 2.05) is 17.5 Å².